The molecule has 2 aromatic carbocycles. The van der Waals surface area contributed by atoms with E-state index in [2.05, 4.69) is 5.32 Å². The standard InChI is InChI=1S/C19H20ClFN2O3/c1-13(24)23(12-14-3-5-15(21)6-4-14)10-9-19(25)22-16-7-8-18(26-2)17(20)11-16/h3-8,11H,9-10,12H2,1-2H3,(H,22,25). The molecular formula is C19H20ClFN2O3. The van der Waals surface area contributed by atoms with Crippen LogP contribution < -0.4 is 10.1 Å². The number of methoxy groups -OCH3 is 1. The van der Waals surface area contributed by atoms with E-state index >= 15 is 0 Å². The fourth-order valence-corrected chi connectivity index (χ4v) is 2.62. The number of rotatable bonds is 7. The van der Waals surface area contributed by atoms with E-state index in [-0.39, 0.29) is 30.6 Å². The summed E-state index contributed by atoms with van der Waals surface area (Å²) in [7, 11) is 1.51. The molecule has 0 saturated heterocycles. The van der Waals surface area contributed by atoms with E-state index in [1.165, 1.54) is 31.1 Å². The van der Waals surface area contributed by atoms with Crippen LogP contribution in [0.3, 0.4) is 0 Å². The van der Waals surface area contributed by atoms with Crippen LogP contribution in [0.25, 0.3) is 0 Å². The second kappa shape index (κ2) is 9.20. The molecule has 0 unspecified atom stereocenters. The Kier molecular flexibility index (Phi) is 6.97. The normalized spacial score (nSPS) is 10.3. The van der Waals surface area contributed by atoms with Gasteiger partial charge in [0.15, 0.2) is 0 Å². The zero-order valence-corrected chi connectivity index (χ0v) is 15.3. The first-order valence-corrected chi connectivity index (χ1v) is 8.40. The maximum Gasteiger partial charge on any atom is 0.226 e. The molecule has 2 amide bonds. The first-order chi connectivity index (χ1) is 12.4. The summed E-state index contributed by atoms with van der Waals surface area (Å²) in [5.41, 5.74) is 1.35. The summed E-state index contributed by atoms with van der Waals surface area (Å²) in [6.07, 6.45) is 0.129. The second-order valence-corrected chi connectivity index (χ2v) is 6.12. The van der Waals surface area contributed by atoms with Crippen LogP contribution >= 0.6 is 11.6 Å². The van der Waals surface area contributed by atoms with Crippen LogP contribution in [-0.2, 0) is 16.1 Å². The summed E-state index contributed by atoms with van der Waals surface area (Å²) < 4.78 is 18.0. The van der Waals surface area contributed by atoms with Crippen molar-refractivity contribution in [3.8, 4) is 5.75 Å². The monoisotopic (exact) mass is 378 g/mol. The molecular weight excluding hydrogens is 359 g/mol. The number of amides is 2. The Morgan fingerprint density at radius 1 is 1.19 bits per heavy atom. The summed E-state index contributed by atoms with van der Waals surface area (Å²) in [4.78, 5) is 25.5. The highest BCUT2D eigenvalue weighted by atomic mass is 35.5. The highest BCUT2D eigenvalue weighted by molar-refractivity contribution is 6.32. The smallest absolute Gasteiger partial charge is 0.226 e. The summed E-state index contributed by atoms with van der Waals surface area (Å²) >= 11 is 6.03. The van der Waals surface area contributed by atoms with Crippen LogP contribution in [0, 0.1) is 5.82 Å². The van der Waals surface area contributed by atoms with E-state index in [9.17, 15) is 14.0 Å². The number of ether oxygens (including phenoxy) is 1. The van der Waals surface area contributed by atoms with Gasteiger partial charge >= 0.3 is 0 Å². The first kappa shape index (κ1) is 19.7. The molecule has 138 valence electrons. The van der Waals surface area contributed by atoms with Gasteiger partial charge in [-0.05, 0) is 35.9 Å². The van der Waals surface area contributed by atoms with Gasteiger partial charge in [-0.3, -0.25) is 9.59 Å². The highest BCUT2D eigenvalue weighted by Crippen LogP contribution is 2.27. The maximum atomic E-state index is 13.0. The molecule has 0 atom stereocenters. The van der Waals surface area contributed by atoms with Crippen LogP contribution in [0.5, 0.6) is 5.75 Å². The molecule has 26 heavy (non-hydrogen) atoms. The van der Waals surface area contributed by atoms with E-state index in [4.69, 9.17) is 16.3 Å². The van der Waals surface area contributed by atoms with Crippen molar-refractivity contribution in [1.82, 2.24) is 4.90 Å². The SMILES string of the molecule is COc1ccc(NC(=O)CCN(Cc2ccc(F)cc2)C(C)=O)cc1Cl. The predicted octanol–water partition coefficient (Wildman–Crippen LogP) is 3.87. The maximum absolute atomic E-state index is 13.0. The Morgan fingerprint density at radius 2 is 1.88 bits per heavy atom. The topological polar surface area (TPSA) is 58.6 Å². The van der Waals surface area contributed by atoms with Gasteiger partial charge in [0.05, 0.1) is 12.1 Å². The molecule has 0 spiro atoms. The molecule has 0 aliphatic heterocycles. The molecule has 0 radical (unpaired) electrons. The summed E-state index contributed by atoms with van der Waals surface area (Å²) in [6.45, 7) is 2.00. The van der Waals surface area contributed by atoms with Crippen LogP contribution in [0.15, 0.2) is 42.5 Å². The average molecular weight is 379 g/mol. The predicted molar refractivity (Wildman–Crippen MR) is 98.7 cm³/mol. The molecule has 2 aromatic rings. The Balaban J connectivity index is 1.91. The van der Waals surface area contributed by atoms with Crippen LogP contribution in [0.4, 0.5) is 10.1 Å². The van der Waals surface area contributed by atoms with Crippen molar-refractivity contribution in [2.45, 2.75) is 19.9 Å². The Hall–Kier alpha value is -2.60. The molecule has 0 saturated carbocycles. The van der Waals surface area contributed by atoms with Crippen molar-refractivity contribution >= 4 is 29.1 Å². The molecule has 0 bridgehead atoms. The number of carbonyl (C=O) groups excluding carboxylic acids is 2. The molecule has 5 nitrogen and oxygen atoms in total. The molecule has 0 aliphatic rings. The molecule has 1 N–H and O–H groups in total. The lowest BCUT2D eigenvalue weighted by Crippen LogP contribution is -2.31. The minimum atomic E-state index is -0.333. The van der Waals surface area contributed by atoms with E-state index in [1.54, 1.807) is 30.3 Å². The van der Waals surface area contributed by atoms with Gasteiger partial charge in [0.2, 0.25) is 11.8 Å². The molecule has 2 rings (SSSR count). The van der Waals surface area contributed by atoms with Gasteiger partial charge in [0.25, 0.3) is 0 Å². The van der Waals surface area contributed by atoms with Crippen molar-refractivity contribution in [2.75, 3.05) is 19.0 Å². The lowest BCUT2D eigenvalue weighted by Gasteiger charge is -2.21. The third-order valence-corrected chi connectivity index (χ3v) is 4.07. The molecule has 7 heteroatoms. The Bertz CT molecular complexity index is 781. The van der Waals surface area contributed by atoms with Gasteiger partial charge in [-0.1, -0.05) is 23.7 Å². The third-order valence-electron chi connectivity index (χ3n) is 3.78. The van der Waals surface area contributed by atoms with Gasteiger partial charge in [-0.25, -0.2) is 4.39 Å². The fraction of sp³-hybridized carbons (Fsp3) is 0.263. The van der Waals surface area contributed by atoms with Gasteiger partial charge in [-0.15, -0.1) is 0 Å². The fourth-order valence-electron chi connectivity index (χ4n) is 2.36. The van der Waals surface area contributed by atoms with Crippen molar-refractivity contribution < 1.29 is 18.7 Å². The van der Waals surface area contributed by atoms with Crippen molar-refractivity contribution in [2.24, 2.45) is 0 Å². The Labute approximate surface area is 156 Å². The number of hydrogen-bond donors (Lipinski definition) is 1. The third kappa shape index (κ3) is 5.74. The lowest BCUT2D eigenvalue weighted by molar-refractivity contribution is -0.129. The van der Waals surface area contributed by atoms with Crippen molar-refractivity contribution in [3.05, 3.63) is 58.9 Å². The van der Waals surface area contributed by atoms with E-state index < -0.39 is 0 Å². The number of carbonyl (C=O) groups is 2. The van der Waals surface area contributed by atoms with Gasteiger partial charge < -0.3 is 15.0 Å². The molecule has 0 fully saturated rings. The van der Waals surface area contributed by atoms with Crippen LogP contribution in [-0.4, -0.2) is 30.4 Å². The van der Waals surface area contributed by atoms with E-state index in [0.717, 1.165) is 5.56 Å². The van der Waals surface area contributed by atoms with Gasteiger partial charge in [0, 0.05) is 32.1 Å². The van der Waals surface area contributed by atoms with Gasteiger partial charge in [-0.2, -0.15) is 0 Å². The average Bonchev–Trinajstić information content (AvgIpc) is 2.60. The highest BCUT2D eigenvalue weighted by Gasteiger charge is 2.13. The molecule has 0 heterocycles. The largest absolute Gasteiger partial charge is 0.495 e. The number of halogens is 2. The van der Waals surface area contributed by atoms with Crippen molar-refractivity contribution in [1.29, 1.82) is 0 Å². The minimum Gasteiger partial charge on any atom is -0.495 e. The first-order valence-electron chi connectivity index (χ1n) is 8.02. The van der Waals surface area contributed by atoms with E-state index in [1.807, 2.05) is 0 Å². The summed E-state index contributed by atoms with van der Waals surface area (Å²) in [5, 5.41) is 3.13. The summed E-state index contributed by atoms with van der Waals surface area (Å²) in [5.74, 6) is -0.210. The summed E-state index contributed by atoms with van der Waals surface area (Å²) in [6, 6.07) is 10.9. The zero-order valence-electron chi connectivity index (χ0n) is 14.6. The van der Waals surface area contributed by atoms with Crippen LogP contribution in [0.1, 0.15) is 18.9 Å². The second-order valence-electron chi connectivity index (χ2n) is 5.71. The quantitative estimate of drug-likeness (QED) is 0.795. The lowest BCUT2D eigenvalue weighted by atomic mass is 10.2. The molecule has 0 aliphatic carbocycles. The number of hydrogen-bond acceptors (Lipinski definition) is 3. The Morgan fingerprint density at radius 3 is 2.46 bits per heavy atom. The number of anilines is 1. The van der Waals surface area contributed by atoms with Crippen LogP contribution in [0.2, 0.25) is 5.02 Å². The minimum absolute atomic E-state index is 0.129. The zero-order chi connectivity index (χ0) is 19.1. The van der Waals surface area contributed by atoms with Crippen molar-refractivity contribution in [3.63, 3.8) is 0 Å². The number of nitrogens with one attached hydrogen (secondary N) is 1. The van der Waals surface area contributed by atoms with E-state index in [0.29, 0.717) is 23.0 Å². The molecule has 0 aromatic heterocycles. The number of benzene rings is 2. The number of nitrogens with zero attached hydrogens (tertiary/aromatic N) is 1. The van der Waals surface area contributed by atoms with Gasteiger partial charge in [0.1, 0.15) is 11.6 Å².